The molecule has 7 nitrogen and oxygen atoms in total. The minimum absolute atomic E-state index is 0.110. The molecule has 0 spiro atoms. The number of hydrogen-bond donors (Lipinski definition) is 1. The topological polar surface area (TPSA) is 84.9 Å². The van der Waals surface area contributed by atoms with Crippen LogP contribution in [0.4, 0.5) is 4.39 Å². The summed E-state index contributed by atoms with van der Waals surface area (Å²) in [5.41, 5.74) is 1.56. The number of sulfonamides is 1. The Morgan fingerprint density at radius 2 is 1.70 bits per heavy atom. The van der Waals surface area contributed by atoms with E-state index in [4.69, 9.17) is 9.47 Å². The fraction of sp³-hybridized carbons (Fsp3) is 0.208. The molecule has 4 rings (SSSR count). The smallest absolute Gasteiger partial charge is 0.244 e. The van der Waals surface area contributed by atoms with E-state index >= 15 is 0 Å². The van der Waals surface area contributed by atoms with Gasteiger partial charge in [0.1, 0.15) is 16.8 Å². The third-order valence-corrected chi connectivity index (χ3v) is 6.74. The van der Waals surface area contributed by atoms with Crippen LogP contribution in [0.5, 0.6) is 11.5 Å². The molecule has 9 heteroatoms. The predicted octanol–water partition coefficient (Wildman–Crippen LogP) is 3.10. The Labute approximate surface area is 191 Å². The number of amides is 1. The maximum atomic E-state index is 14.2. The van der Waals surface area contributed by atoms with Gasteiger partial charge in [-0.1, -0.05) is 48.5 Å². The number of nitrogens with zero attached hydrogens (tertiary/aromatic N) is 1. The highest BCUT2D eigenvalue weighted by Crippen LogP contribution is 2.32. The number of benzene rings is 3. The van der Waals surface area contributed by atoms with Crippen LogP contribution in [0, 0.1) is 5.82 Å². The van der Waals surface area contributed by atoms with Gasteiger partial charge in [-0.05, 0) is 41.8 Å². The van der Waals surface area contributed by atoms with Crippen LogP contribution in [0.15, 0.2) is 77.7 Å². The molecule has 0 saturated carbocycles. The lowest BCUT2D eigenvalue weighted by Crippen LogP contribution is -2.48. The van der Waals surface area contributed by atoms with E-state index in [-0.39, 0.29) is 19.8 Å². The van der Waals surface area contributed by atoms with Crippen LogP contribution in [0.3, 0.4) is 0 Å². The van der Waals surface area contributed by atoms with Gasteiger partial charge in [-0.25, -0.2) is 12.8 Å². The SMILES string of the molecule is CN(Cc1ccc2c(c1)OCO2)C(=O)[C@H](Cc1ccccc1)NS(=O)(=O)c1ccccc1F. The van der Waals surface area contributed by atoms with E-state index in [1.165, 1.54) is 17.0 Å². The fourth-order valence-corrected chi connectivity index (χ4v) is 4.87. The molecular weight excluding hydrogens is 447 g/mol. The molecule has 33 heavy (non-hydrogen) atoms. The predicted molar refractivity (Wildman–Crippen MR) is 120 cm³/mol. The van der Waals surface area contributed by atoms with Crippen molar-refractivity contribution in [3.05, 3.63) is 89.7 Å². The van der Waals surface area contributed by atoms with Crippen LogP contribution >= 0.6 is 0 Å². The Hall–Kier alpha value is -3.43. The van der Waals surface area contributed by atoms with Crippen LogP contribution in [0.1, 0.15) is 11.1 Å². The second-order valence-electron chi connectivity index (χ2n) is 7.68. The zero-order valence-electron chi connectivity index (χ0n) is 17.9. The summed E-state index contributed by atoms with van der Waals surface area (Å²) in [6, 6.07) is 18.3. The Bertz CT molecular complexity index is 1250. The first-order valence-electron chi connectivity index (χ1n) is 10.3. The number of rotatable bonds is 8. The zero-order valence-corrected chi connectivity index (χ0v) is 18.7. The Balaban J connectivity index is 1.57. The molecule has 1 heterocycles. The van der Waals surface area contributed by atoms with Crippen molar-refractivity contribution in [2.24, 2.45) is 0 Å². The molecule has 1 N–H and O–H groups in total. The molecule has 1 amide bonds. The molecular formula is C24H23FN2O5S. The number of carbonyl (C=O) groups excluding carboxylic acids is 1. The second-order valence-corrected chi connectivity index (χ2v) is 9.36. The Kier molecular flexibility index (Phi) is 6.62. The second kappa shape index (κ2) is 9.60. The van der Waals surface area contributed by atoms with Gasteiger partial charge in [-0.2, -0.15) is 4.72 Å². The quantitative estimate of drug-likeness (QED) is 0.547. The van der Waals surface area contributed by atoms with E-state index < -0.39 is 32.7 Å². The number of carbonyl (C=O) groups is 1. The average Bonchev–Trinajstić information content (AvgIpc) is 3.27. The summed E-state index contributed by atoms with van der Waals surface area (Å²) in [6.45, 7) is 0.368. The Morgan fingerprint density at radius 3 is 2.45 bits per heavy atom. The van der Waals surface area contributed by atoms with E-state index in [0.717, 1.165) is 23.3 Å². The number of hydrogen-bond acceptors (Lipinski definition) is 5. The van der Waals surface area contributed by atoms with Crippen molar-refractivity contribution >= 4 is 15.9 Å². The molecule has 0 radical (unpaired) electrons. The molecule has 0 aromatic heterocycles. The third kappa shape index (κ3) is 5.32. The van der Waals surface area contributed by atoms with E-state index in [0.29, 0.717) is 11.5 Å². The Morgan fingerprint density at radius 1 is 1.00 bits per heavy atom. The van der Waals surface area contributed by atoms with Gasteiger partial charge in [-0.15, -0.1) is 0 Å². The normalized spacial score (nSPS) is 13.5. The van der Waals surface area contributed by atoms with E-state index in [9.17, 15) is 17.6 Å². The van der Waals surface area contributed by atoms with Crippen LogP contribution in [0.25, 0.3) is 0 Å². The summed E-state index contributed by atoms with van der Waals surface area (Å²) in [4.78, 5) is 14.2. The maximum absolute atomic E-state index is 14.2. The van der Waals surface area contributed by atoms with Gasteiger partial charge < -0.3 is 14.4 Å². The molecule has 0 fully saturated rings. The van der Waals surface area contributed by atoms with E-state index in [1.54, 1.807) is 43.4 Å². The molecule has 172 valence electrons. The molecule has 3 aromatic carbocycles. The van der Waals surface area contributed by atoms with Gasteiger partial charge >= 0.3 is 0 Å². The average molecular weight is 471 g/mol. The first-order valence-corrected chi connectivity index (χ1v) is 11.8. The summed E-state index contributed by atoms with van der Waals surface area (Å²) < 4.78 is 53.1. The van der Waals surface area contributed by atoms with Crippen LogP contribution in [-0.4, -0.2) is 39.1 Å². The molecule has 1 aliphatic rings. The maximum Gasteiger partial charge on any atom is 0.244 e. The lowest BCUT2D eigenvalue weighted by molar-refractivity contribution is -0.132. The molecule has 0 bridgehead atoms. The van der Waals surface area contributed by atoms with Gasteiger partial charge in [0, 0.05) is 13.6 Å². The fourth-order valence-electron chi connectivity index (χ4n) is 3.60. The highest BCUT2D eigenvalue weighted by molar-refractivity contribution is 7.89. The summed E-state index contributed by atoms with van der Waals surface area (Å²) in [7, 11) is -2.69. The summed E-state index contributed by atoms with van der Waals surface area (Å²) in [5, 5.41) is 0. The number of likely N-dealkylation sites (N-methyl/N-ethyl adjacent to an activating group) is 1. The number of ether oxygens (including phenoxy) is 2. The van der Waals surface area contributed by atoms with E-state index in [2.05, 4.69) is 4.72 Å². The highest BCUT2D eigenvalue weighted by Gasteiger charge is 2.30. The van der Waals surface area contributed by atoms with Crippen molar-refractivity contribution in [1.82, 2.24) is 9.62 Å². The van der Waals surface area contributed by atoms with Gasteiger partial charge in [0.2, 0.25) is 22.7 Å². The molecule has 1 aliphatic heterocycles. The first-order chi connectivity index (χ1) is 15.8. The lowest BCUT2D eigenvalue weighted by atomic mass is 10.1. The van der Waals surface area contributed by atoms with Crippen molar-refractivity contribution < 1.29 is 27.1 Å². The van der Waals surface area contributed by atoms with Crippen molar-refractivity contribution in [2.75, 3.05) is 13.8 Å². The van der Waals surface area contributed by atoms with E-state index in [1.807, 2.05) is 12.1 Å². The van der Waals surface area contributed by atoms with Gasteiger partial charge in [0.15, 0.2) is 11.5 Å². The largest absolute Gasteiger partial charge is 0.454 e. The third-order valence-electron chi connectivity index (χ3n) is 5.24. The van der Waals surface area contributed by atoms with Crippen LogP contribution in [0.2, 0.25) is 0 Å². The first kappa shape index (κ1) is 22.8. The number of nitrogens with one attached hydrogen (secondary N) is 1. The lowest BCUT2D eigenvalue weighted by Gasteiger charge is -2.25. The number of fused-ring (bicyclic) bond motifs is 1. The molecule has 0 saturated heterocycles. The van der Waals surface area contributed by atoms with Crippen LogP contribution < -0.4 is 14.2 Å². The summed E-state index contributed by atoms with van der Waals surface area (Å²) in [6.07, 6.45) is 0.110. The molecule has 0 unspecified atom stereocenters. The molecule has 0 aliphatic carbocycles. The van der Waals surface area contributed by atoms with Gasteiger partial charge in [0.25, 0.3) is 0 Å². The van der Waals surface area contributed by atoms with Crippen molar-refractivity contribution in [3.63, 3.8) is 0 Å². The monoisotopic (exact) mass is 470 g/mol. The highest BCUT2D eigenvalue weighted by atomic mass is 32.2. The van der Waals surface area contributed by atoms with Crippen molar-refractivity contribution in [3.8, 4) is 11.5 Å². The minimum Gasteiger partial charge on any atom is -0.454 e. The van der Waals surface area contributed by atoms with Gasteiger partial charge in [-0.3, -0.25) is 4.79 Å². The summed E-state index contributed by atoms with van der Waals surface area (Å²) in [5.74, 6) is -0.108. The van der Waals surface area contributed by atoms with Gasteiger partial charge in [0.05, 0.1) is 0 Å². The minimum atomic E-state index is -4.28. The summed E-state index contributed by atoms with van der Waals surface area (Å²) >= 11 is 0. The zero-order chi connectivity index (χ0) is 23.4. The standard InChI is InChI=1S/C24H23FN2O5S/c1-27(15-18-11-12-21-22(14-18)32-16-31-21)24(28)20(13-17-7-3-2-4-8-17)26-33(29,30)23-10-6-5-9-19(23)25/h2-12,14,20,26H,13,15-16H2,1H3/t20-/m0/s1. The molecule has 3 aromatic rings. The van der Waals surface area contributed by atoms with Crippen molar-refractivity contribution in [2.45, 2.75) is 23.9 Å². The van der Waals surface area contributed by atoms with Crippen LogP contribution in [-0.2, 0) is 27.8 Å². The molecule has 1 atom stereocenters. The van der Waals surface area contributed by atoms with Crippen molar-refractivity contribution in [1.29, 1.82) is 0 Å². The number of halogens is 1.